The van der Waals surface area contributed by atoms with Crippen LogP contribution in [0.15, 0.2) is 23.2 Å². The average Bonchev–Trinajstić information content (AvgIpc) is 3.08. The van der Waals surface area contributed by atoms with Crippen LogP contribution in [0.5, 0.6) is 0 Å². The summed E-state index contributed by atoms with van der Waals surface area (Å²) in [4.78, 5) is 7.47. The van der Waals surface area contributed by atoms with E-state index in [1.54, 1.807) is 0 Å². The highest BCUT2D eigenvalue weighted by molar-refractivity contribution is 7.89. The predicted molar refractivity (Wildman–Crippen MR) is 130 cm³/mol. The van der Waals surface area contributed by atoms with Gasteiger partial charge in [0.15, 0.2) is 11.5 Å². The van der Waals surface area contributed by atoms with Crippen LogP contribution in [-0.4, -0.2) is 92.3 Å². The van der Waals surface area contributed by atoms with E-state index in [0.29, 0.717) is 6.07 Å². The first-order valence-corrected chi connectivity index (χ1v) is 11.1. The molecule has 1 aromatic carbocycles. The molecular formula is C17H15B6FN6O3S. The number of nitrogens with zero attached hydrogens (tertiary/aromatic N) is 4. The summed E-state index contributed by atoms with van der Waals surface area (Å²) in [6.07, 6.45) is 1.19. The Kier molecular flexibility index (Phi) is 6.56. The minimum atomic E-state index is -4.30. The molecule has 17 heteroatoms. The van der Waals surface area contributed by atoms with Gasteiger partial charge < -0.3 is 10.8 Å². The van der Waals surface area contributed by atoms with Crippen molar-refractivity contribution in [2.75, 3.05) is 12.3 Å². The fourth-order valence-electron chi connectivity index (χ4n) is 3.00. The van der Waals surface area contributed by atoms with E-state index in [2.05, 4.69) is 19.8 Å². The number of imidazole rings is 1. The number of anilines is 1. The van der Waals surface area contributed by atoms with Gasteiger partial charge in [0.25, 0.3) is 0 Å². The second-order valence-electron chi connectivity index (χ2n) is 8.53. The number of aromatic nitrogens is 4. The fraction of sp³-hybridized carbons (Fsp3) is 0.353. The quantitative estimate of drug-likeness (QED) is 0.336. The molecule has 9 nitrogen and oxygen atoms in total. The third-order valence-corrected chi connectivity index (χ3v) is 5.93. The lowest BCUT2D eigenvalue weighted by Crippen LogP contribution is -2.38. The maximum atomic E-state index is 15.2. The number of nitrogens with two attached hydrogens (primary N) is 1. The highest BCUT2D eigenvalue weighted by atomic mass is 32.2. The van der Waals surface area contributed by atoms with E-state index < -0.39 is 42.1 Å². The number of hydrogen-bond acceptors (Lipinski definition) is 7. The van der Waals surface area contributed by atoms with Gasteiger partial charge in [0.2, 0.25) is 10.0 Å². The zero-order valence-electron chi connectivity index (χ0n) is 18.3. The minimum Gasteiger partial charge on any atom is -0.389 e. The van der Waals surface area contributed by atoms with E-state index in [-0.39, 0.29) is 35.1 Å². The van der Waals surface area contributed by atoms with E-state index in [4.69, 9.17) is 52.8 Å². The molecule has 12 radical (unpaired) electrons. The van der Waals surface area contributed by atoms with Gasteiger partial charge in [0, 0.05) is 12.1 Å². The van der Waals surface area contributed by atoms with Crippen LogP contribution in [0.1, 0.15) is 25.2 Å². The van der Waals surface area contributed by atoms with Crippen LogP contribution < -0.4 is 10.5 Å². The first-order valence-electron chi connectivity index (χ1n) is 9.63. The molecule has 34 heavy (non-hydrogen) atoms. The molecule has 0 aliphatic heterocycles. The molecule has 4 N–H and O–H groups in total. The van der Waals surface area contributed by atoms with E-state index in [1.807, 2.05) is 0 Å². The second kappa shape index (κ2) is 8.46. The fourth-order valence-corrected chi connectivity index (χ4v) is 4.25. The molecule has 0 unspecified atom stereocenters. The van der Waals surface area contributed by atoms with Gasteiger partial charge in [-0.05, 0) is 31.5 Å². The zero-order valence-corrected chi connectivity index (χ0v) is 19.1. The molecule has 2 heterocycles. The van der Waals surface area contributed by atoms with Gasteiger partial charge in [-0.2, -0.15) is 5.10 Å². The first-order chi connectivity index (χ1) is 15.3. The largest absolute Gasteiger partial charge is 0.389 e. The smallest absolute Gasteiger partial charge is 0.240 e. The average molecular weight is 467 g/mol. The molecule has 3 rings (SSSR count). The molecule has 0 spiro atoms. The Morgan fingerprint density at radius 3 is 2.29 bits per heavy atom. The van der Waals surface area contributed by atoms with Gasteiger partial charge in [-0.3, -0.25) is 0 Å². The van der Waals surface area contributed by atoms with E-state index in [1.165, 1.54) is 20.0 Å². The SMILES string of the molecule is [B]C([B])([B])c1nc(N)c2ncc(-c3cc(S(=O)(=O)NCC(C)(C)O)cc(F)c3C([B])([B])[B])n2n1. The highest BCUT2D eigenvalue weighted by Gasteiger charge is 2.29. The number of benzene rings is 1. The van der Waals surface area contributed by atoms with Crippen molar-refractivity contribution < 1.29 is 17.9 Å². The molecule has 0 saturated carbocycles. The zero-order chi connectivity index (χ0) is 25.9. The van der Waals surface area contributed by atoms with Crippen LogP contribution in [0.25, 0.3) is 16.9 Å². The van der Waals surface area contributed by atoms with Crippen LogP contribution in [0.2, 0.25) is 0 Å². The van der Waals surface area contributed by atoms with Gasteiger partial charge in [-0.15, -0.1) is 5.11 Å². The Hall–Kier alpha value is -2.24. The van der Waals surface area contributed by atoms with E-state index >= 15 is 4.39 Å². The summed E-state index contributed by atoms with van der Waals surface area (Å²) in [5, 5.41) is 9.72. The number of fused-ring (bicyclic) bond motifs is 1. The molecule has 3 aromatic rings. The highest BCUT2D eigenvalue weighted by Crippen LogP contribution is 2.34. The molecule has 0 saturated heterocycles. The molecule has 0 aliphatic carbocycles. The van der Waals surface area contributed by atoms with Gasteiger partial charge in [0.05, 0.1) is 69.5 Å². The van der Waals surface area contributed by atoms with Crippen molar-refractivity contribution in [3.05, 3.63) is 35.5 Å². The first kappa shape index (κ1) is 26.4. The Balaban J connectivity index is 2.33. The summed E-state index contributed by atoms with van der Waals surface area (Å²) in [6, 6.07) is 1.75. The third-order valence-electron chi connectivity index (χ3n) is 4.55. The van der Waals surface area contributed by atoms with Gasteiger partial charge in [0.1, 0.15) is 11.6 Å². The summed E-state index contributed by atoms with van der Waals surface area (Å²) in [7, 11) is 30.0. The normalized spacial score (nSPS) is 13.4. The Bertz CT molecular complexity index is 1370. The number of nitrogens with one attached hydrogen (secondary N) is 1. The molecule has 162 valence electrons. The number of nitrogen functional groups attached to an aromatic ring is 1. The summed E-state index contributed by atoms with van der Waals surface area (Å²) in [5.41, 5.74) is 3.88. The third kappa shape index (κ3) is 5.36. The van der Waals surface area contributed by atoms with Crippen LogP contribution in [0, 0.1) is 5.82 Å². The van der Waals surface area contributed by atoms with Crippen molar-refractivity contribution in [1.82, 2.24) is 24.3 Å². The van der Waals surface area contributed by atoms with Crippen molar-refractivity contribution in [3.8, 4) is 11.3 Å². The molecule has 0 bridgehead atoms. The van der Waals surface area contributed by atoms with Gasteiger partial charge >= 0.3 is 0 Å². The molecule has 0 atom stereocenters. The molecule has 0 amide bonds. The van der Waals surface area contributed by atoms with Crippen molar-refractivity contribution in [3.63, 3.8) is 0 Å². The molecule has 2 aromatic heterocycles. The maximum Gasteiger partial charge on any atom is 0.240 e. The molecular weight excluding hydrogens is 452 g/mol. The topological polar surface area (TPSA) is 136 Å². The van der Waals surface area contributed by atoms with Gasteiger partial charge in [-0.25, -0.2) is 32.0 Å². The monoisotopic (exact) mass is 468 g/mol. The summed E-state index contributed by atoms with van der Waals surface area (Å²) >= 11 is 0. The second-order valence-corrected chi connectivity index (χ2v) is 10.3. The van der Waals surface area contributed by atoms with Crippen molar-refractivity contribution >= 4 is 68.6 Å². The lowest BCUT2D eigenvalue weighted by molar-refractivity contribution is 0.0857. The molecule has 0 fully saturated rings. The van der Waals surface area contributed by atoms with Crippen molar-refractivity contribution in [2.45, 2.75) is 34.6 Å². The standard InChI is InChI=1S/C17H15B6FN6O3S/c1-15(2,31)6-27-34(32,33)7-3-8(11(9(24)4-7)16(18,19)20)10-5-26-13-12(25)28-14(17(21,22)23)29-30(10)13/h3-5,27,31H,6H2,1-2H3,(H2,25,28,29). The van der Waals surface area contributed by atoms with E-state index in [0.717, 1.165) is 10.6 Å². The van der Waals surface area contributed by atoms with Crippen molar-refractivity contribution in [1.29, 1.82) is 0 Å². The summed E-state index contributed by atoms with van der Waals surface area (Å²) in [6.45, 7) is 2.43. The minimum absolute atomic E-state index is 0.000521. The van der Waals surface area contributed by atoms with E-state index in [9.17, 15) is 13.5 Å². The van der Waals surface area contributed by atoms with Crippen LogP contribution in [-0.2, 0) is 20.2 Å². The lowest BCUT2D eigenvalue weighted by atomic mass is 9.39. The number of sulfonamides is 1. The number of rotatable bonds is 7. The Morgan fingerprint density at radius 2 is 1.76 bits per heavy atom. The maximum absolute atomic E-state index is 15.2. The molecule has 0 aliphatic rings. The summed E-state index contributed by atoms with van der Waals surface area (Å²) < 4.78 is 44.1. The van der Waals surface area contributed by atoms with Crippen LogP contribution >= 0.6 is 0 Å². The predicted octanol–water partition coefficient (Wildman–Crippen LogP) is -2.21. The number of aliphatic hydroxyl groups is 1. The lowest BCUT2D eigenvalue weighted by Gasteiger charge is -2.26. The Labute approximate surface area is 204 Å². The van der Waals surface area contributed by atoms with Crippen molar-refractivity contribution in [2.24, 2.45) is 0 Å². The van der Waals surface area contributed by atoms with Gasteiger partial charge in [-0.1, -0.05) is 5.11 Å². The van der Waals surface area contributed by atoms with Crippen LogP contribution in [0.4, 0.5) is 10.2 Å². The number of hydrogen-bond donors (Lipinski definition) is 3. The summed E-state index contributed by atoms with van der Waals surface area (Å²) in [5.74, 6) is -1.59. The van der Waals surface area contributed by atoms with Crippen LogP contribution in [0.3, 0.4) is 0 Å². The Morgan fingerprint density at radius 1 is 1.15 bits per heavy atom. The number of halogens is 1.